The normalized spacial score (nSPS) is 13.6. The van der Waals surface area contributed by atoms with E-state index in [-0.39, 0.29) is 11.7 Å². The Labute approximate surface area is 110 Å². The van der Waals surface area contributed by atoms with E-state index in [4.69, 9.17) is 9.47 Å². The van der Waals surface area contributed by atoms with Crippen LogP contribution in [0.4, 0.5) is 0 Å². The lowest BCUT2D eigenvalue weighted by molar-refractivity contribution is -0.0516. The first kappa shape index (κ1) is 15.2. The Bertz CT molecular complexity index is 319. The zero-order chi connectivity index (χ0) is 13.4. The van der Waals surface area contributed by atoms with Crippen molar-refractivity contribution in [3.05, 3.63) is 35.9 Å². The lowest BCUT2D eigenvalue weighted by Gasteiger charge is -2.22. The molecule has 0 aliphatic heterocycles. The molecular formula is C15H25NO2. The van der Waals surface area contributed by atoms with Gasteiger partial charge >= 0.3 is 0 Å². The summed E-state index contributed by atoms with van der Waals surface area (Å²) in [6, 6.07) is 10.3. The first-order chi connectivity index (χ1) is 8.53. The Morgan fingerprint density at radius 3 is 2.33 bits per heavy atom. The zero-order valence-electron chi connectivity index (χ0n) is 11.9. The summed E-state index contributed by atoms with van der Waals surface area (Å²) in [5.74, 6) is 0. The lowest BCUT2D eigenvalue weighted by Crippen LogP contribution is -2.24. The summed E-state index contributed by atoms with van der Waals surface area (Å²) in [6.45, 7) is 8.19. The highest BCUT2D eigenvalue weighted by atomic mass is 16.5. The van der Waals surface area contributed by atoms with Gasteiger partial charge < -0.3 is 14.8 Å². The van der Waals surface area contributed by atoms with Gasteiger partial charge in [-0.3, -0.25) is 0 Å². The second-order valence-electron chi connectivity index (χ2n) is 5.29. The van der Waals surface area contributed by atoms with E-state index in [0.717, 1.165) is 6.54 Å². The molecule has 18 heavy (non-hydrogen) atoms. The number of rotatable bonds is 7. The fourth-order valence-corrected chi connectivity index (χ4v) is 1.66. The first-order valence-corrected chi connectivity index (χ1v) is 6.48. The summed E-state index contributed by atoms with van der Waals surface area (Å²) < 4.78 is 11.5. The number of likely N-dealkylation sites (N-methyl/N-ethyl adjacent to an activating group) is 1. The van der Waals surface area contributed by atoms with Crippen molar-refractivity contribution in [3.63, 3.8) is 0 Å². The molecule has 1 rings (SSSR count). The standard InChI is InChI=1S/C15H25NO2/c1-15(2,3)18-11-10-17-14(12-16-4)13-8-6-5-7-9-13/h5-9,14,16H,10-12H2,1-4H3. The molecule has 0 aliphatic carbocycles. The Kier molecular flexibility index (Phi) is 6.33. The second-order valence-corrected chi connectivity index (χ2v) is 5.29. The van der Waals surface area contributed by atoms with Crippen molar-refractivity contribution in [2.75, 3.05) is 26.8 Å². The van der Waals surface area contributed by atoms with Gasteiger partial charge in [-0.1, -0.05) is 30.3 Å². The molecule has 1 aromatic carbocycles. The maximum atomic E-state index is 5.88. The highest BCUT2D eigenvalue weighted by Gasteiger charge is 2.12. The summed E-state index contributed by atoms with van der Waals surface area (Å²) in [5.41, 5.74) is 1.09. The van der Waals surface area contributed by atoms with Crippen molar-refractivity contribution in [2.45, 2.75) is 32.5 Å². The van der Waals surface area contributed by atoms with E-state index < -0.39 is 0 Å². The molecule has 0 amide bonds. The van der Waals surface area contributed by atoms with Crippen LogP contribution in [0.2, 0.25) is 0 Å². The highest BCUT2D eigenvalue weighted by molar-refractivity contribution is 5.17. The third-order valence-electron chi connectivity index (χ3n) is 2.50. The van der Waals surface area contributed by atoms with Gasteiger partial charge in [-0.25, -0.2) is 0 Å². The van der Waals surface area contributed by atoms with Crippen molar-refractivity contribution >= 4 is 0 Å². The molecule has 1 N–H and O–H groups in total. The molecule has 0 aromatic heterocycles. The van der Waals surface area contributed by atoms with E-state index in [1.807, 2.05) is 25.2 Å². The lowest BCUT2D eigenvalue weighted by atomic mass is 10.1. The van der Waals surface area contributed by atoms with E-state index in [1.54, 1.807) is 0 Å². The summed E-state index contributed by atoms with van der Waals surface area (Å²) >= 11 is 0. The molecule has 0 spiro atoms. The van der Waals surface area contributed by atoms with E-state index in [9.17, 15) is 0 Å². The van der Waals surface area contributed by atoms with Crippen LogP contribution in [0.1, 0.15) is 32.4 Å². The second kappa shape index (κ2) is 7.52. The fraction of sp³-hybridized carbons (Fsp3) is 0.600. The minimum atomic E-state index is -0.103. The molecule has 3 heteroatoms. The largest absolute Gasteiger partial charge is 0.373 e. The van der Waals surface area contributed by atoms with Gasteiger partial charge in [0.25, 0.3) is 0 Å². The van der Waals surface area contributed by atoms with Crippen LogP contribution in [-0.2, 0) is 9.47 Å². The predicted molar refractivity (Wildman–Crippen MR) is 74.8 cm³/mol. The van der Waals surface area contributed by atoms with Gasteiger partial charge in [-0.2, -0.15) is 0 Å². The molecule has 1 aromatic rings. The number of benzene rings is 1. The number of hydrogen-bond acceptors (Lipinski definition) is 3. The zero-order valence-corrected chi connectivity index (χ0v) is 11.9. The molecule has 102 valence electrons. The van der Waals surface area contributed by atoms with Gasteiger partial charge in [-0.15, -0.1) is 0 Å². The average Bonchev–Trinajstić information content (AvgIpc) is 2.33. The van der Waals surface area contributed by atoms with Crippen LogP contribution in [0, 0.1) is 0 Å². The Balaban J connectivity index is 2.40. The molecule has 1 unspecified atom stereocenters. The van der Waals surface area contributed by atoms with Gasteiger partial charge in [0.2, 0.25) is 0 Å². The van der Waals surface area contributed by atoms with E-state index in [0.29, 0.717) is 13.2 Å². The Hall–Kier alpha value is -0.900. The average molecular weight is 251 g/mol. The smallest absolute Gasteiger partial charge is 0.0950 e. The molecule has 3 nitrogen and oxygen atoms in total. The Morgan fingerprint density at radius 1 is 1.11 bits per heavy atom. The number of ether oxygens (including phenoxy) is 2. The van der Waals surface area contributed by atoms with Gasteiger partial charge in [0.1, 0.15) is 0 Å². The molecule has 1 atom stereocenters. The van der Waals surface area contributed by atoms with E-state index in [2.05, 4.69) is 38.2 Å². The van der Waals surface area contributed by atoms with Crippen LogP contribution in [0.25, 0.3) is 0 Å². The van der Waals surface area contributed by atoms with Crippen LogP contribution in [-0.4, -0.2) is 32.4 Å². The van der Waals surface area contributed by atoms with Gasteiger partial charge in [0, 0.05) is 6.54 Å². The summed E-state index contributed by atoms with van der Waals surface area (Å²) in [7, 11) is 1.94. The van der Waals surface area contributed by atoms with Crippen molar-refractivity contribution in [1.29, 1.82) is 0 Å². The van der Waals surface area contributed by atoms with Crippen LogP contribution < -0.4 is 5.32 Å². The van der Waals surface area contributed by atoms with E-state index >= 15 is 0 Å². The quantitative estimate of drug-likeness (QED) is 0.756. The number of hydrogen-bond donors (Lipinski definition) is 1. The molecule has 0 fully saturated rings. The van der Waals surface area contributed by atoms with Crippen molar-refractivity contribution in [2.24, 2.45) is 0 Å². The topological polar surface area (TPSA) is 30.5 Å². The monoisotopic (exact) mass is 251 g/mol. The fourth-order valence-electron chi connectivity index (χ4n) is 1.66. The van der Waals surface area contributed by atoms with Crippen molar-refractivity contribution < 1.29 is 9.47 Å². The van der Waals surface area contributed by atoms with Crippen molar-refractivity contribution in [1.82, 2.24) is 5.32 Å². The van der Waals surface area contributed by atoms with E-state index in [1.165, 1.54) is 5.56 Å². The van der Waals surface area contributed by atoms with Crippen LogP contribution >= 0.6 is 0 Å². The molecule has 0 bridgehead atoms. The SMILES string of the molecule is CNCC(OCCOC(C)(C)C)c1ccccc1. The Morgan fingerprint density at radius 2 is 1.78 bits per heavy atom. The third-order valence-corrected chi connectivity index (χ3v) is 2.50. The van der Waals surface area contributed by atoms with Gasteiger partial charge in [-0.05, 0) is 33.4 Å². The summed E-state index contributed by atoms with van der Waals surface area (Å²) in [4.78, 5) is 0. The molecule has 0 heterocycles. The summed E-state index contributed by atoms with van der Waals surface area (Å²) in [5, 5.41) is 3.16. The first-order valence-electron chi connectivity index (χ1n) is 6.48. The molecule has 0 saturated carbocycles. The van der Waals surface area contributed by atoms with Crippen LogP contribution in [0.15, 0.2) is 30.3 Å². The maximum absolute atomic E-state index is 5.88. The number of nitrogens with one attached hydrogen (secondary N) is 1. The highest BCUT2D eigenvalue weighted by Crippen LogP contribution is 2.16. The molecular weight excluding hydrogens is 226 g/mol. The molecule has 0 saturated heterocycles. The van der Waals surface area contributed by atoms with Crippen molar-refractivity contribution in [3.8, 4) is 0 Å². The molecule has 0 aliphatic rings. The predicted octanol–water partition coefficient (Wildman–Crippen LogP) is 2.78. The van der Waals surface area contributed by atoms with Crippen LogP contribution in [0.5, 0.6) is 0 Å². The van der Waals surface area contributed by atoms with Crippen LogP contribution in [0.3, 0.4) is 0 Å². The minimum Gasteiger partial charge on any atom is -0.373 e. The molecule has 0 radical (unpaired) electrons. The summed E-state index contributed by atoms with van der Waals surface area (Å²) in [6.07, 6.45) is 0.0831. The minimum absolute atomic E-state index is 0.0831. The third kappa shape index (κ3) is 6.15. The maximum Gasteiger partial charge on any atom is 0.0950 e. The van der Waals surface area contributed by atoms with Gasteiger partial charge in [0.15, 0.2) is 0 Å². The van der Waals surface area contributed by atoms with Gasteiger partial charge in [0.05, 0.1) is 24.9 Å².